The number of halogens is 4. The van der Waals surface area contributed by atoms with E-state index >= 15 is 0 Å². The van der Waals surface area contributed by atoms with Crippen molar-refractivity contribution in [2.24, 2.45) is 0 Å². The molecule has 0 aromatic carbocycles. The molecular formula is C6H8ClF3O3S. The fraction of sp³-hybridized carbons (Fsp3) is 1.00. The molecule has 0 spiro atoms. The van der Waals surface area contributed by atoms with Gasteiger partial charge in [0.1, 0.15) is 0 Å². The molecule has 0 unspecified atom stereocenters. The first kappa shape index (κ1) is 12.1. The second kappa shape index (κ2) is 3.86. The lowest BCUT2D eigenvalue weighted by atomic mass is 10.2. The van der Waals surface area contributed by atoms with Gasteiger partial charge in [0.15, 0.2) is 5.25 Å². The molecule has 8 heteroatoms. The fourth-order valence-electron chi connectivity index (χ4n) is 1.39. The predicted octanol–water partition coefficient (Wildman–Crippen LogP) is 1.66. The van der Waals surface area contributed by atoms with Crippen LogP contribution in [0.3, 0.4) is 0 Å². The van der Waals surface area contributed by atoms with Gasteiger partial charge in [-0.1, -0.05) is 0 Å². The SMILES string of the molecule is O=S(=O)(Cl)[C@@H]([C@H]1CCCO1)C(F)(F)F. The van der Waals surface area contributed by atoms with Crippen molar-refractivity contribution in [1.29, 1.82) is 0 Å². The molecule has 1 aliphatic rings. The van der Waals surface area contributed by atoms with Gasteiger partial charge >= 0.3 is 6.18 Å². The minimum absolute atomic E-state index is 0.0656. The number of rotatable bonds is 2. The van der Waals surface area contributed by atoms with E-state index in [1.807, 2.05) is 0 Å². The van der Waals surface area contributed by atoms with Gasteiger partial charge in [0, 0.05) is 17.3 Å². The molecule has 0 N–H and O–H groups in total. The minimum Gasteiger partial charge on any atom is -0.376 e. The molecule has 0 aliphatic carbocycles. The van der Waals surface area contributed by atoms with Crippen LogP contribution in [-0.2, 0) is 13.8 Å². The maximum atomic E-state index is 12.3. The standard InChI is InChI=1S/C6H8ClF3O3S/c7-14(11,12)5(6(8,9)10)4-2-1-3-13-4/h4-5H,1-3H2/t4-,5+/m1/s1. The molecule has 14 heavy (non-hydrogen) atoms. The van der Waals surface area contributed by atoms with E-state index in [4.69, 9.17) is 10.7 Å². The maximum absolute atomic E-state index is 12.3. The van der Waals surface area contributed by atoms with Gasteiger partial charge in [0.05, 0.1) is 6.10 Å². The zero-order chi connectivity index (χ0) is 11.0. The molecule has 0 bridgehead atoms. The van der Waals surface area contributed by atoms with Crippen molar-refractivity contribution >= 4 is 19.7 Å². The Balaban J connectivity index is 2.93. The van der Waals surface area contributed by atoms with Crippen molar-refractivity contribution in [2.45, 2.75) is 30.4 Å². The Morgan fingerprint density at radius 1 is 1.43 bits per heavy atom. The summed E-state index contributed by atoms with van der Waals surface area (Å²) in [6.45, 7) is 0.143. The van der Waals surface area contributed by atoms with Crippen molar-refractivity contribution in [3.05, 3.63) is 0 Å². The van der Waals surface area contributed by atoms with Crippen molar-refractivity contribution in [1.82, 2.24) is 0 Å². The summed E-state index contributed by atoms with van der Waals surface area (Å²) in [5.74, 6) is 0. The Labute approximate surface area is 83.6 Å². The van der Waals surface area contributed by atoms with Crippen LogP contribution in [-0.4, -0.2) is 32.6 Å². The van der Waals surface area contributed by atoms with E-state index in [2.05, 4.69) is 4.74 Å². The number of hydrogen-bond donors (Lipinski definition) is 0. The molecule has 0 radical (unpaired) electrons. The third kappa shape index (κ3) is 2.74. The van der Waals surface area contributed by atoms with Crippen LogP contribution in [0, 0.1) is 0 Å². The molecular weight excluding hydrogens is 245 g/mol. The Morgan fingerprint density at radius 2 is 2.00 bits per heavy atom. The second-order valence-corrected chi connectivity index (χ2v) is 5.74. The highest BCUT2D eigenvalue weighted by Crippen LogP contribution is 2.35. The summed E-state index contributed by atoms with van der Waals surface area (Å²) in [5, 5.41) is -2.61. The molecule has 1 fully saturated rings. The molecule has 1 rings (SSSR count). The van der Waals surface area contributed by atoms with Crippen LogP contribution in [0.1, 0.15) is 12.8 Å². The molecule has 84 valence electrons. The van der Waals surface area contributed by atoms with Gasteiger partial charge in [0.25, 0.3) is 0 Å². The molecule has 0 aromatic rings. The molecule has 0 aromatic heterocycles. The normalized spacial score (nSPS) is 26.4. The lowest BCUT2D eigenvalue weighted by Crippen LogP contribution is -2.43. The van der Waals surface area contributed by atoms with E-state index in [1.54, 1.807) is 0 Å². The number of hydrogen-bond acceptors (Lipinski definition) is 3. The average molecular weight is 253 g/mol. The first-order valence-electron chi connectivity index (χ1n) is 3.84. The van der Waals surface area contributed by atoms with E-state index in [0.717, 1.165) is 0 Å². The molecule has 1 heterocycles. The number of ether oxygens (including phenoxy) is 1. The third-order valence-electron chi connectivity index (χ3n) is 1.93. The summed E-state index contributed by atoms with van der Waals surface area (Å²) in [6, 6.07) is 0. The summed E-state index contributed by atoms with van der Waals surface area (Å²) in [4.78, 5) is 0. The Bertz CT molecular complexity index is 294. The van der Waals surface area contributed by atoms with Gasteiger partial charge in [-0.25, -0.2) is 8.42 Å². The summed E-state index contributed by atoms with van der Waals surface area (Å²) >= 11 is 0. The van der Waals surface area contributed by atoms with Crippen LogP contribution in [0.2, 0.25) is 0 Å². The van der Waals surface area contributed by atoms with Gasteiger partial charge in [-0.3, -0.25) is 0 Å². The van der Waals surface area contributed by atoms with Gasteiger partial charge in [0.2, 0.25) is 9.05 Å². The Kier molecular flexibility index (Phi) is 3.33. The fourth-order valence-corrected chi connectivity index (χ4v) is 2.94. The summed E-state index contributed by atoms with van der Waals surface area (Å²) in [6.07, 6.45) is -5.76. The van der Waals surface area contributed by atoms with Crippen LogP contribution in [0.4, 0.5) is 13.2 Å². The third-order valence-corrected chi connectivity index (χ3v) is 3.68. The van der Waals surface area contributed by atoms with E-state index in [9.17, 15) is 21.6 Å². The highest BCUT2D eigenvalue weighted by molar-refractivity contribution is 8.14. The topological polar surface area (TPSA) is 43.4 Å². The van der Waals surface area contributed by atoms with E-state index in [-0.39, 0.29) is 13.0 Å². The Morgan fingerprint density at radius 3 is 2.29 bits per heavy atom. The van der Waals surface area contributed by atoms with Crippen molar-refractivity contribution in [3.63, 3.8) is 0 Å². The lowest BCUT2D eigenvalue weighted by Gasteiger charge is -2.22. The second-order valence-electron chi connectivity index (χ2n) is 2.99. The van der Waals surface area contributed by atoms with Gasteiger partial charge in [-0.15, -0.1) is 0 Å². The van der Waals surface area contributed by atoms with E-state index in [0.29, 0.717) is 6.42 Å². The largest absolute Gasteiger partial charge is 0.409 e. The lowest BCUT2D eigenvalue weighted by molar-refractivity contribution is -0.149. The first-order valence-corrected chi connectivity index (χ1v) is 6.22. The van der Waals surface area contributed by atoms with Crippen molar-refractivity contribution < 1.29 is 26.3 Å². The van der Waals surface area contributed by atoms with Gasteiger partial charge in [-0.05, 0) is 12.8 Å². The molecule has 3 nitrogen and oxygen atoms in total. The highest BCUT2D eigenvalue weighted by Gasteiger charge is 2.53. The summed E-state index contributed by atoms with van der Waals surface area (Å²) in [5.41, 5.74) is 0. The van der Waals surface area contributed by atoms with Crippen LogP contribution in [0.25, 0.3) is 0 Å². The number of alkyl halides is 3. The maximum Gasteiger partial charge on any atom is 0.409 e. The van der Waals surface area contributed by atoms with Crippen LogP contribution in [0.15, 0.2) is 0 Å². The molecule has 1 saturated heterocycles. The minimum atomic E-state index is -4.88. The molecule has 2 atom stereocenters. The van der Waals surface area contributed by atoms with E-state index < -0.39 is 26.6 Å². The van der Waals surface area contributed by atoms with Crippen LogP contribution >= 0.6 is 10.7 Å². The predicted molar refractivity (Wildman–Crippen MR) is 43.6 cm³/mol. The van der Waals surface area contributed by atoms with Gasteiger partial charge < -0.3 is 4.74 Å². The average Bonchev–Trinajstić information content (AvgIpc) is 2.31. The summed E-state index contributed by atoms with van der Waals surface area (Å²) in [7, 11) is 0.0523. The molecule has 0 saturated carbocycles. The quantitative estimate of drug-likeness (QED) is 0.702. The molecule has 1 aliphatic heterocycles. The van der Waals surface area contributed by atoms with Crippen LogP contribution < -0.4 is 0 Å². The Hall–Kier alpha value is -0.0100. The first-order chi connectivity index (χ1) is 6.23. The van der Waals surface area contributed by atoms with Gasteiger partial charge in [-0.2, -0.15) is 13.2 Å². The molecule has 0 amide bonds. The summed E-state index contributed by atoms with van der Waals surface area (Å²) < 4.78 is 63.1. The zero-order valence-electron chi connectivity index (χ0n) is 6.92. The zero-order valence-corrected chi connectivity index (χ0v) is 8.49. The van der Waals surface area contributed by atoms with Crippen molar-refractivity contribution in [3.8, 4) is 0 Å². The van der Waals surface area contributed by atoms with Crippen LogP contribution in [0.5, 0.6) is 0 Å². The van der Waals surface area contributed by atoms with Crippen molar-refractivity contribution in [2.75, 3.05) is 6.61 Å². The highest BCUT2D eigenvalue weighted by atomic mass is 35.7. The van der Waals surface area contributed by atoms with E-state index in [1.165, 1.54) is 0 Å². The smallest absolute Gasteiger partial charge is 0.376 e. The monoisotopic (exact) mass is 252 g/mol.